The molecule has 1 N–H and O–H groups in total. The molecule has 1 aromatic heterocycles. The number of nitrogens with zero attached hydrogens (tertiary/aromatic N) is 2. The Labute approximate surface area is 152 Å². The Hall–Kier alpha value is -2.80. The fourth-order valence-corrected chi connectivity index (χ4v) is 2.67. The van der Waals surface area contributed by atoms with Crippen LogP contribution in [0, 0.1) is 0 Å². The van der Waals surface area contributed by atoms with Gasteiger partial charge in [-0.1, -0.05) is 12.1 Å². The summed E-state index contributed by atoms with van der Waals surface area (Å²) in [5.74, 6) is 2.02. The van der Waals surface area contributed by atoms with Crippen molar-refractivity contribution in [3.05, 3.63) is 48.2 Å². The van der Waals surface area contributed by atoms with Gasteiger partial charge in [-0.05, 0) is 24.3 Å². The highest BCUT2D eigenvalue weighted by Gasteiger charge is 2.13. The fraction of sp³-hybridized carbons (Fsp3) is 0.368. The highest BCUT2D eigenvalue weighted by molar-refractivity contribution is 5.94. The molecule has 26 heavy (non-hydrogen) atoms. The zero-order valence-electron chi connectivity index (χ0n) is 14.8. The Balaban J connectivity index is 1.46. The first kappa shape index (κ1) is 18.0. The van der Waals surface area contributed by atoms with E-state index in [1.165, 1.54) is 0 Å². The molecule has 3 rings (SSSR count). The number of hydrogen-bond acceptors (Lipinski definition) is 6. The Kier molecular flexibility index (Phi) is 6.27. The largest absolute Gasteiger partial charge is 0.493 e. The van der Waals surface area contributed by atoms with Gasteiger partial charge in [0.15, 0.2) is 11.5 Å². The normalized spacial score (nSPS) is 14.0. The molecule has 7 nitrogen and oxygen atoms in total. The molecule has 2 aromatic rings. The number of rotatable bonds is 7. The maximum Gasteiger partial charge on any atom is 0.252 e. The maximum absolute atomic E-state index is 12.2. The molecule has 0 saturated carbocycles. The molecule has 0 radical (unpaired) electrons. The van der Waals surface area contributed by atoms with E-state index < -0.39 is 0 Å². The van der Waals surface area contributed by atoms with Gasteiger partial charge in [0.05, 0.1) is 32.4 Å². The van der Waals surface area contributed by atoms with Crippen LogP contribution in [-0.4, -0.2) is 57.5 Å². The zero-order valence-corrected chi connectivity index (χ0v) is 14.8. The second kappa shape index (κ2) is 9.05. The van der Waals surface area contributed by atoms with Crippen molar-refractivity contribution in [3.63, 3.8) is 0 Å². The highest BCUT2D eigenvalue weighted by Crippen LogP contribution is 2.25. The number of carbonyl (C=O) groups excluding carboxylic acids is 1. The third-order valence-electron chi connectivity index (χ3n) is 4.06. The molecular formula is C19H23N3O4. The monoisotopic (exact) mass is 357 g/mol. The SMILES string of the molecule is COc1ccccc1OCCNC(=O)c1ccc(N2CCOCC2)nc1. The van der Waals surface area contributed by atoms with E-state index in [1.807, 2.05) is 30.3 Å². The lowest BCUT2D eigenvalue weighted by molar-refractivity contribution is 0.0946. The lowest BCUT2D eigenvalue weighted by Gasteiger charge is -2.27. The summed E-state index contributed by atoms with van der Waals surface area (Å²) in [7, 11) is 1.59. The van der Waals surface area contributed by atoms with Crippen LogP contribution in [0.5, 0.6) is 11.5 Å². The van der Waals surface area contributed by atoms with E-state index in [0.717, 1.165) is 18.9 Å². The molecule has 7 heteroatoms. The maximum atomic E-state index is 12.2. The van der Waals surface area contributed by atoms with Gasteiger partial charge in [-0.2, -0.15) is 0 Å². The van der Waals surface area contributed by atoms with Crippen molar-refractivity contribution < 1.29 is 19.0 Å². The molecule has 1 fully saturated rings. The molecule has 1 saturated heterocycles. The third kappa shape index (κ3) is 4.64. The summed E-state index contributed by atoms with van der Waals surface area (Å²) in [5, 5.41) is 2.83. The number of hydrogen-bond donors (Lipinski definition) is 1. The molecule has 0 spiro atoms. The first-order valence-electron chi connectivity index (χ1n) is 8.60. The van der Waals surface area contributed by atoms with Crippen LogP contribution in [0.15, 0.2) is 42.6 Å². The van der Waals surface area contributed by atoms with Gasteiger partial charge in [0.2, 0.25) is 0 Å². The Morgan fingerprint density at radius 1 is 1.19 bits per heavy atom. The van der Waals surface area contributed by atoms with Gasteiger partial charge < -0.3 is 24.4 Å². The summed E-state index contributed by atoms with van der Waals surface area (Å²) in [5.41, 5.74) is 0.527. The van der Waals surface area contributed by atoms with E-state index in [2.05, 4.69) is 15.2 Å². The van der Waals surface area contributed by atoms with Gasteiger partial charge >= 0.3 is 0 Å². The van der Waals surface area contributed by atoms with Crippen LogP contribution in [0.3, 0.4) is 0 Å². The quantitative estimate of drug-likeness (QED) is 0.761. The summed E-state index contributed by atoms with van der Waals surface area (Å²) in [6.45, 7) is 3.79. The predicted molar refractivity (Wildman–Crippen MR) is 98.1 cm³/mol. The summed E-state index contributed by atoms with van der Waals surface area (Å²) < 4.78 is 16.2. The summed E-state index contributed by atoms with van der Waals surface area (Å²) >= 11 is 0. The molecule has 138 valence electrons. The number of amides is 1. The van der Waals surface area contributed by atoms with Crippen molar-refractivity contribution in [2.75, 3.05) is 51.5 Å². The number of anilines is 1. The molecule has 0 aliphatic carbocycles. The molecule has 0 unspecified atom stereocenters. The second-order valence-electron chi connectivity index (χ2n) is 5.76. The molecule has 1 aliphatic rings. The molecule has 1 aliphatic heterocycles. The van der Waals surface area contributed by atoms with Crippen molar-refractivity contribution in [2.24, 2.45) is 0 Å². The van der Waals surface area contributed by atoms with Gasteiger partial charge in [0.25, 0.3) is 5.91 Å². The van der Waals surface area contributed by atoms with Crippen molar-refractivity contribution in [3.8, 4) is 11.5 Å². The van der Waals surface area contributed by atoms with Crippen LogP contribution in [0.4, 0.5) is 5.82 Å². The summed E-state index contributed by atoms with van der Waals surface area (Å²) in [6, 6.07) is 11.1. The Morgan fingerprint density at radius 2 is 1.96 bits per heavy atom. The number of methoxy groups -OCH3 is 1. The number of ether oxygens (including phenoxy) is 3. The number of aromatic nitrogens is 1. The smallest absolute Gasteiger partial charge is 0.252 e. The lowest BCUT2D eigenvalue weighted by Crippen LogP contribution is -2.36. The minimum absolute atomic E-state index is 0.172. The van der Waals surface area contributed by atoms with E-state index in [0.29, 0.717) is 43.4 Å². The molecule has 0 bridgehead atoms. The summed E-state index contributed by atoms with van der Waals surface area (Å²) in [4.78, 5) is 18.7. The van der Waals surface area contributed by atoms with E-state index >= 15 is 0 Å². The van der Waals surface area contributed by atoms with Gasteiger partial charge in [0.1, 0.15) is 12.4 Å². The van der Waals surface area contributed by atoms with Crippen molar-refractivity contribution >= 4 is 11.7 Å². The van der Waals surface area contributed by atoms with Crippen LogP contribution in [0.2, 0.25) is 0 Å². The average Bonchev–Trinajstić information content (AvgIpc) is 2.72. The van der Waals surface area contributed by atoms with E-state index in [9.17, 15) is 4.79 Å². The van der Waals surface area contributed by atoms with Crippen molar-refractivity contribution in [1.29, 1.82) is 0 Å². The Morgan fingerprint density at radius 3 is 2.65 bits per heavy atom. The number of morpholine rings is 1. The lowest BCUT2D eigenvalue weighted by atomic mass is 10.2. The molecule has 1 aromatic carbocycles. The molecular weight excluding hydrogens is 334 g/mol. The van der Waals surface area contributed by atoms with Crippen LogP contribution < -0.4 is 19.7 Å². The second-order valence-corrected chi connectivity index (χ2v) is 5.76. The van der Waals surface area contributed by atoms with E-state index in [4.69, 9.17) is 14.2 Å². The predicted octanol–water partition coefficient (Wildman–Crippen LogP) is 1.74. The minimum atomic E-state index is -0.172. The molecule has 1 amide bonds. The fourth-order valence-electron chi connectivity index (χ4n) is 2.67. The third-order valence-corrected chi connectivity index (χ3v) is 4.06. The first-order chi connectivity index (χ1) is 12.8. The van der Waals surface area contributed by atoms with Gasteiger partial charge in [-0.15, -0.1) is 0 Å². The van der Waals surface area contributed by atoms with Gasteiger partial charge in [-0.25, -0.2) is 4.98 Å². The minimum Gasteiger partial charge on any atom is -0.493 e. The average molecular weight is 357 g/mol. The number of benzene rings is 1. The Bertz CT molecular complexity index is 715. The number of para-hydroxylation sites is 2. The topological polar surface area (TPSA) is 72.9 Å². The van der Waals surface area contributed by atoms with Crippen LogP contribution >= 0.6 is 0 Å². The van der Waals surface area contributed by atoms with Crippen molar-refractivity contribution in [1.82, 2.24) is 10.3 Å². The van der Waals surface area contributed by atoms with E-state index in [-0.39, 0.29) is 5.91 Å². The number of pyridine rings is 1. The number of carbonyl (C=O) groups is 1. The van der Waals surface area contributed by atoms with Gasteiger partial charge in [-0.3, -0.25) is 4.79 Å². The zero-order chi connectivity index (χ0) is 18.2. The molecule has 2 heterocycles. The van der Waals surface area contributed by atoms with Crippen LogP contribution in [0.1, 0.15) is 10.4 Å². The van der Waals surface area contributed by atoms with Crippen LogP contribution in [0.25, 0.3) is 0 Å². The highest BCUT2D eigenvalue weighted by atomic mass is 16.5. The van der Waals surface area contributed by atoms with E-state index in [1.54, 1.807) is 19.4 Å². The standard InChI is InChI=1S/C19H23N3O4/c1-24-16-4-2-3-5-17(16)26-11-8-20-19(23)15-6-7-18(21-14-15)22-9-12-25-13-10-22/h2-7,14H,8-13H2,1H3,(H,20,23). The first-order valence-corrected chi connectivity index (χ1v) is 8.60. The van der Waals surface area contributed by atoms with Gasteiger partial charge in [0, 0.05) is 19.3 Å². The molecule has 0 atom stereocenters. The van der Waals surface area contributed by atoms with Crippen LogP contribution in [-0.2, 0) is 4.74 Å². The van der Waals surface area contributed by atoms with Crippen molar-refractivity contribution in [2.45, 2.75) is 0 Å². The summed E-state index contributed by atoms with van der Waals surface area (Å²) in [6.07, 6.45) is 1.60. The number of nitrogens with one attached hydrogen (secondary N) is 1.